The van der Waals surface area contributed by atoms with Gasteiger partial charge in [0.1, 0.15) is 6.10 Å². The molecule has 0 aromatic rings. The van der Waals surface area contributed by atoms with Crippen molar-refractivity contribution in [3.8, 4) is 0 Å². The Labute approximate surface area is 148 Å². The highest BCUT2D eigenvalue weighted by Gasteiger charge is 2.29. The van der Waals surface area contributed by atoms with Gasteiger partial charge in [0.15, 0.2) is 0 Å². The van der Waals surface area contributed by atoms with E-state index in [4.69, 9.17) is 4.74 Å². The molecule has 2 aliphatic rings. The van der Waals surface area contributed by atoms with Crippen molar-refractivity contribution >= 4 is 18.3 Å². The fourth-order valence-corrected chi connectivity index (χ4v) is 3.67. The highest BCUT2D eigenvalue weighted by molar-refractivity contribution is 5.85. The Hall–Kier alpha value is -0.320. The lowest BCUT2D eigenvalue weighted by atomic mass is 9.96. The molecule has 1 unspecified atom stereocenters. The standard InChI is InChI=1S/C18H34N2O2.ClH/c1-3-17(22-16-8-6-5-7-9-16)18(21)20-12-10-15(11-13-20)14-19-4-2;/h15-17,19H,3-14H2,1-2H3;1H. The zero-order valence-corrected chi connectivity index (χ0v) is 15.7. The molecule has 0 bridgehead atoms. The molecule has 0 radical (unpaired) electrons. The highest BCUT2D eigenvalue weighted by atomic mass is 35.5. The van der Waals surface area contributed by atoms with E-state index in [1.54, 1.807) is 0 Å². The van der Waals surface area contributed by atoms with Gasteiger partial charge in [0, 0.05) is 13.1 Å². The fraction of sp³-hybridized carbons (Fsp3) is 0.944. The summed E-state index contributed by atoms with van der Waals surface area (Å²) in [5.41, 5.74) is 0. The first-order valence-corrected chi connectivity index (χ1v) is 9.39. The van der Waals surface area contributed by atoms with Crippen molar-refractivity contribution in [1.29, 1.82) is 0 Å². The van der Waals surface area contributed by atoms with Crippen molar-refractivity contribution in [3.63, 3.8) is 0 Å². The van der Waals surface area contributed by atoms with E-state index in [0.717, 1.165) is 64.2 Å². The molecule has 1 aliphatic heterocycles. The van der Waals surface area contributed by atoms with Crippen molar-refractivity contribution in [3.05, 3.63) is 0 Å². The Morgan fingerprint density at radius 2 is 1.78 bits per heavy atom. The number of nitrogens with one attached hydrogen (secondary N) is 1. The predicted molar refractivity (Wildman–Crippen MR) is 97.1 cm³/mol. The number of hydrogen-bond donors (Lipinski definition) is 1. The fourth-order valence-electron chi connectivity index (χ4n) is 3.67. The molecular weight excluding hydrogens is 312 g/mol. The number of carbonyl (C=O) groups is 1. The lowest BCUT2D eigenvalue weighted by Gasteiger charge is -2.35. The Bertz CT molecular complexity index is 327. The van der Waals surface area contributed by atoms with E-state index in [-0.39, 0.29) is 24.4 Å². The molecule has 23 heavy (non-hydrogen) atoms. The molecule has 0 spiro atoms. The van der Waals surface area contributed by atoms with E-state index in [0.29, 0.717) is 6.10 Å². The second-order valence-electron chi connectivity index (χ2n) is 6.87. The molecule has 0 aromatic heterocycles. The van der Waals surface area contributed by atoms with Gasteiger partial charge in [-0.05, 0) is 51.1 Å². The van der Waals surface area contributed by atoms with Crippen LogP contribution < -0.4 is 5.32 Å². The second-order valence-corrected chi connectivity index (χ2v) is 6.87. The summed E-state index contributed by atoms with van der Waals surface area (Å²) in [6, 6.07) is 0. The Kier molecular flexibility index (Phi) is 10.2. The minimum absolute atomic E-state index is 0. The summed E-state index contributed by atoms with van der Waals surface area (Å²) in [5, 5.41) is 3.42. The molecule has 1 N–H and O–H groups in total. The molecule has 4 nitrogen and oxygen atoms in total. The molecule has 2 fully saturated rings. The van der Waals surface area contributed by atoms with Crippen LogP contribution in [0.2, 0.25) is 0 Å². The lowest BCUT2D eigenvalue weighted by Crippen LogP contribution is -2.46. The van der Waals surface area contributed by atoms with Crippen LogP contribution in [0.4, 0.5) is 0 Å². The number of likely N-dealkylation sites (tertiary alicyclic amines) is 1. The molecule has 1 atom stereocenters. The summed E-state index contributed by atoms with van der Waals surface area (Å²) >= 11 is 0. The number of rotatable bonds is 7. The quantitative estimate of drug-likeness (QED) is 0.768. The number of hydrogen-bond acceptors (Lipinski definition) is 3. The average Bonchev–Trinajstić information content (AvgIpc) is 2.58. The van der Waals surface area contributed by atoms with E-state index in [1.165, 1.54) is 19.3 Å². The number of carbonyl (C=O) groups excluding carboxylic acids is 1. The average molecular weight is 347 g/mol. The lowest BCUT2D eigenvalue weighted by molar-refractivity contribution is -0.150. The van der Waals surface area contributed by atoms with Gasteiger partial charge in [-0.2, -0.15) is 0 Å². The maximum absolute atomic E-state index is 12.7. The van der Waals surface area contributed by atoms with Gasteiger partial charge in [0.05, 0.1) is 6.10 Å². The van der Waals surface area contributed by atoms with Crippen molar-refractivity contribution in [2.75, 3.05) is 26.2 Å². The molecule has 2 rings (SSSR count). The summed E-state index contributed by atoms with van der Waals surface area (Å²) in [7, 11) is 0. The molecule has 1 aliphatic carbocycles. The normalized spacial score (nSPS) is 21.7. The maximum Gasteiger partial charge on any atom is 0.251 e. The van der Waals surface area contributed by atoms with Crippen molar-refractivity contribution in [2.24, 2.45) is 5.92 Å². The summed E-state index contributed by atoms with van der Waals surface area (Å²) in [5.74, 6) is 0.957. The van der Waals surface area contributed by atoms with Gasteiger partial charge in [-0.25, -0.2) is 0 Å². The zero-order valence-electron chi connectivity index (χ0n) is 14.9. The SMILES string of the molecule is CCNCC1CCN(C(=O)C(CC)OC2CCCCC2)CC1.Cl. The molecule has 0 aromatic carbocycles. The zero-order chi connectivity index (χ0) is 15.8. The van der Waals surface area contributed by atoms with Crippen LogP contribution in [-0.2, 0) is 9.53 Å². The summed E-state index contributed by atoms with van der Waals surface area (Å²) in [6.07, 6.45) is 9.25. The Morgan fingerprint density at radius 3 is 2.35 bits per heavy atom. The molecule has 1 heterocycles. The number of halogens is 1. The Morgan fingerprint density at radius 1 is 1.13 bits per heavy atom. The van der Waals surface area contributed by atoms with E-state index in [2.05, 4.69) is 19.2 Å². The van der Waals surface area contributed by atoms with E-state index in [9.17, 15) is 4.79 Å². The van der Waals surface area contributed by atoms with Gasteiger partial charge >= 0.3 is 0 Å². The van der Waals surface area contributed by atoms with Gasteiger partial charge < -0.3 is 15.0 Å². The van der Waals surface area contributed by atoms with Crippen LogP contribution in [-0.4, -0.2) is 49.2 Å². The molecule has 1 saturated heterocycles. The van der Waals surface area contributed by atoms with Crippen LogP contribution in [0.15, 0.2) is 0 Å². The first-order chi connectivity index (χ1) is 10.7. The van der Waals surface area contributed by atoms with Crippen LogP contribution in [0.1, 0.15) is 65.2 Å². The molecule has 1 amide bonds. The van der Waals surface area contributed by atoms with Crippen molar-refractivity contribution < 1.29 is 9.53 Å². The van der Waals surface area contributed by atoms with Crippen LogP contribution >= 0.6 is 12.4 Å². The van der Waals surface area contributed by atoms with E-state index in [1.807, 2.05) is 4.90 Å². The molecular formula is C18H35ClN2O2. The van der Waals surface area contributed by atoms with Crippen LogP contribution in [0.5, 0.6) is 0 Å². The topological polar surface area (TPSA) is 41.6 Å². The number of piperidine rings is 1. The summed E-state index contributed by atoms with van der Waals surface area (Å²) in [6.45, 7) is 8.15. The number of ether oxygens (including phenoxy) is 1. The minimum atomic E-state index is -0.214. The van der Waals surface area contributed by atoms with E-state index >= 15 is 0 Å². The van der Waals surface area contributed by atoms with Crippen LogP contribution in [0, 0.1) is 5.92 Å². The monoisotopic (exact) mass is 346 g/mol. The van der Waals surface area contributed by atoms with Gasteiger partial charge in [0.25, 0.3) is 5.91 Å². The smallest absolute Gasteiger partial charge is 0.251 e. The van der Waals surface area contributed by atoms with Gasteiger partial charge in [-0.15, -0.1) is 12.4 Å². The van der Waals surface area contributed by atoms with Crippen molar-refractivity contribution in [2.45, 2.75) is 77.4 Å². The van der Waals surface area contributed by atoms with Gasteiger partial charge in [0.2, 0.25) is 0 Å². The van der Waals surface area contributed by atoms with Gasteiger partial charge in [-0.3, -0.25) is 4.79 Å². The number of amides is 1. The third kappa shape index (κ3) is 6.60. The molecule has 1 saturated carbocycles. The third-order valence-corrected chi connectivity index (χ3v) is 5.16. The minimum Gasteiger partial charge on any atom is -0.365 e. The first-order valence-electron chi connectivity index (χ1n) is 9.39. The second kappa shape index (κ2) is 11.3. The van der Waals surface area contributed by atoms with Crippen LogP contribution in [0.25, 0.3) is 0 Å². The number of nitrogens with zero attached hydrogens (tertiary/aromatic N) is 1. The van der Waals surface area contributed by atoms with E-state index < -0.39 is 0 Å². The molecule has 136 valence electrons. The van der Waals surface area contributed by atoms with Gasteiger partial charge in [-0.1, -0.05) is 33.1 Å². The van der Waals surface area contributed by atoms with Crippen LogP contribution in [0.3, 0.4) is 0 Å². The Balaban J connectivity index is 0.00000264. The summed E-state index contributed by atoms with van der Waals surface area (Å²) < 4.78 is 6.14. The summed E-state index contributed by atoms with van der Waals surface area (Å²) in [4.78, 5) is 14.8. The largest absolute Gasteiger partial charge is 0.365 e. The third-order valence-electron chi connectivity index (χ3n) is 5.16. The van der Waals surface area contributed by atoms with Crippen molar-refractivity contribution in [1.82, 2.24) is 10.2 Å². The predicted octanol–water partition coefficient (Wildman–Crippen LogP) is 3.38. The molecule has 5 heteroatoms. The highest BCUT2D eigenvalue weighted by Crippen LogP contribution is 2.24. The first kappa shape index (κ1) is 20.7. The maximum atomic E-state index is 12.7.